The fourth-order valence-electron chi connectivity index (χ4n) is 2.26. The van der Waals surface area contributed by atoms with Crippen LogP contribution in [0, 0.1) is 0 Å². The van der Waals surface area contributed by atoms with Crippen molar-refractivity contribution in [3.8, 4) is 0 Å². The Morgan fingerprint density at radius 1 is 1.24 bits per heavy atom. The van der Waals surface area contributed by atoms with E-state index in [1.165, 1.54) is 15.0 Å². The number of rotatable bonds is 2. The Hall–Kier alpha value is -0.550. The van der Waals surface area contributed by atoms with Crippen LogP contribution in [0.25, 0.3) is 10.1 Å². The number of ether oxygens (including phenoxy) is 2. The number of hydrogen-bond donors (Lipinski definition) is 0. The number of hydrogen-bond acceptors (Lipinski definition) is 4. The molecule has 0 aliphatic carbocycles. The minimum atomic E-state index is -0.573. The summed E-state index contributed by atoms with van der Waals surface area (Å²) in [7, 11) is 0. The lowest BCUT2D eigenvalue weighted by Crippen LogP contribution is -2.22. The van der Waals surface area contributed by atoms with Crippen molar-refractivity contribution < 1.29 is 9.47 Å². The summed E-state index contributed by atoms with van der Waals surface area (Å²) in [5.41, 5.74) is 1.14. The minimum Gasteiger partial charge on any atom is -0.344 e. The van der Waals surface area contributed by atoms with Crippen LogP contribution in [0.2, 0.25) is 0 Å². The van der Waals surface area contributed by atoms with E-state index in [1.807, 2.05) is 6.92 Å². The summed E-state index contributed by atoms with van der Waals surface area (Å²) < 4.78 is 12.8. The Labute approximate surface area is 109 Å². The molecule has 0 atom stereocenters. The van der Waals surface area contributed by atoms with Gasteiger partial charge in [0.1, 0.15) is 0 Å². The molecule has 1 aromatic heterocycles. The number of benzene rings is 1. The first-order valence-electron chi connectivity index (χ1n) is 5.57. The molecule has 1 aromatic carbocycles. The Balaban J connectivity index is 2.20. The van der Waals surface area contributed by atoms with Crippen molar-refractivity contribution in [3.05, 3.63) is 29.1 Å². The highest BCUT2D eigenvalue weighted by Gasteiger charge is 2.34. The molecule has 1 saturated heterocycles. The maximum atomic E-state index is 5.75. The van der Waals surface area contributed by atoms with Crippen LogP contribution in [-0.2, 0) is 15.3 Å². The van der Waals surface area contributed by atoms with Gasteiger partial charge in [0.05, 0.1) is 13.2 Å². The van der Waals surface area contributed by atoms with Crippen LogP contribution in [0.3, 0.4) is 0 Å². The van der Waals surface area contributed by atoms with Crippen LogP contribution in [0.15, 0.2) is 28.5 Å². The van der Waals surface area contributed by atoms with E-state index in [4.69, 9.17) is 9.47 Å². The Bertz CT molecular complexity index is 541. The molecular formula is C13H14O2S2. The third kappa shape index (κ3) is 1.80. The summed E-state index contributed by atoms with van der Waals surface area (Å²) in [5, 5.41) is 3.39. The highest BCUT2D eigenvalue weighted by atomic mass is 32.2. The second kappa shape index (κ2) is 4.28. The van der Waals surface area contributed by atoms with Crippen molar-refractivity contribution in [2.75, 3.05) is 19.5 Å². The van der Waals surface area contributed by atoms with E-state index in [-0.39, 0.29) is 0 Å². The standard InChI is InChI=1S/C13H14O2S2/c1-13(14-6-7-15-13)10-3-4-11(16-2)12-9(10)5-8-17-12/h3-5,8H,6-7H2,1-2H3. The molecule has 2 nitrogen and oxygen atoms in total. The van der Waals surface area contributed by atoms with Gasteiger partial charge in [-0.15, -0.1) is 23.1 Å². The molecule has 0 amide bonds. The molecule has 0 radical (unpaired) electrons. The van der Waals surface area contributed by atoms with Gasteiger partial charge in [0.25, 0.3) is 0 Å². The average Bonchev–Trinajstić information content (AvgIpc) is 2.96. The number of thiophene rings is 1. The van der Waals surface area contributed by atoms with Gasteiger partial charge >= 0.3 is 0 Å². The van der Waals surface area contributed by atoms with Crippen molar-refractivity contribution in [2.45, 2.75) is 17.6 Å². The van der Waals surface area contributed by atoms with Crippen LogP contribution in [0.1, 0.15) is 12.5 Å². The van der Waals surface area contributed by atoms with E-state index in [1.54, 1.807) is 23.1 Å². The van der Waals surface area contributed by atoms with Crippen molar-refractivity contribution in [3.63, 3.8) is 0 Å². The highest BCUT2D eigenvalue weighted by molar-refractivity contribution is 7.99. The van der Waals surface area contributed by atoms with Crippen LogP contribution in [-0.4, -0.2) is 19.5 Å². The monoisotopic (exact) mass is 266 g/mol. The quantitative estimate of drug-likeness (QED) is 0.769. The Morgan fingerprint density at radius 2 is 2.00 bits per heavy atom. The van der Waals surface area contributed by atoms with Gasteiger partial charge in [-0.1, -0.05) is 6.07 Å². The number of thioether (sulfide) groups is 1. The second-order valence-corrected chi connectivity index (χ2v) is 5.89. The summed E-state index contributed by atoms with van der Waals surface area (Å²) in [5.74, 6) is -0.573. The summed E-state index contributed by atoms with van der Waals surface area (Å²) in [6.07, 6.45) is 2.11. The summed E-state index contributed by atoms with van der Waals surface area (Å²) in [4.78, 5) is 1.32. The smallest absolute Gasteiger partial charge is 0.192 e. The molecule has 0 N–H and O–H groups in total. The molecule has 3 rings (SSSR count). The molecule has 1 aliphatic rings. The molecule has 0 bridgehead atoms. The van der Waals surface area contributed by atoms with Gasteiger partial charge in [-0.25, -0.2) is 0 Å². The van der Waals surface area contributed by atoms with Gasteiger partial charge < -0.3 is 9.47 Å². The SMILES string of the molecule is CSc1ccc(C2(C)OCCO2)c2ccsc12. The molecule has 1 fully saturated rings. The molecule has 2 heterocycles. The normalized spacial score (nSPS) is 18.9. The lowest BCUT2D eigenvalue weighted by molar-refractivity contribution is -0.148. The van der Waals surface area contributed by atoms with Crippen LogP contribution < -0.4 is 0 Å². The minimum absolute atomic E-state index is 0.573. The molecule has 0 unspecified atom stereocenters. The van der Waals surface area contributed by atoms with E-state index in [2.05, 4.69) is 29.8 Å². The van der Waals surface area contributed by atoms with Gasteiger partial charge in [0, 0.05) is 20.5 Å². The predicted molar refractivity (Wildman–Crippen MR) is 72.9 cm³/mol. The lowest BCUT2D eigenvalue weighted by atomic mass is 10.0. The summed E-state index contributed by atoms with van der Waals surface area (Å²) in [6.45, 7) is 3.35. The fourth-order valence-corrected chi connectivity index (χ4v) is 3.99. The van der Waals surface area contributed by atoms with Crippen LogP contribution in [0.4, 0.5) is 0 Å². The largest absolute Gasteiger partial charge is 0.344 e. The van der Waals surface area contributed by atoms with Crippen LogP contribution >= 0.6 is 23.1 Å². The van der Waals surface area contributed by atoms with E-state index < -0.39 is 5.79 Å². The summed E-state index contributed by atoms with van der Waals surface area (Å²) in [6, 6.07) is 6.45. The van der Waals surface area contributed by atoms with E-state index >= 15 is 0 Å². The number of fused-ring (bicyclic) bond motifs is 1. The molecular weight excluding hydrogens is 252 g/mol. The molecule has 0 saturated carbocycles. The van der Waals surface area contributed by atoms with Crippen molar-refractivity contribution >= 4 is 33.2 Å². The van der Waals surface area contributed by atoms with Crippen molar-refractivity contribution in [1.29, 1.82) is 0 Å². The van der Waals surface area contributed by atoms with Gasteiger partial charge in [-0.05, 0) is 30.7 Å². The van der Waals surface area contributed by atoms with E-state index in [9.17, 15) is 0 Å². The van der Waals surface area contributed by atoms with Crippen molar-refractivity contribution in [1.82, 2.24) is 0 Å². The molecule has 4 heteroatoms. The first-order chi connectivity index (χ1) is 8.24. The van der Waals surface area contributed by atoms with Gasteiger partial charge in [0.15, 0.2) is 5.79 Å². The zero-order chi connectivity index (χ0) is 11.9. The molecule has 90 valence electrons. The Morgan fingerprint density at radius 3 is 2.71 bits per heavy atom. The molecule has 1 aliphatic heterocycles. The fraction of sp³-hybridized carbons (Fsp3) is 0.385. The topological polar surface area (TPSA) is 18.5 Å². The van der Waals surface area contributed by atoms with Crippen molar-refractivity contribution in [2.24, 2.45) is 0 Å². The average molecular weight is 266 g/mol. The predicted octanol–water partition coefficient (Wildman–Crippen LogP) is 3.84. The first-order valence-corrected chi connectivity index (χ1v) is 7.67. The van der Waals surface area contributed by atoms with E-state index in [0.717, 1.165) is 5.56 Å². The first kappa shape index (κ1) is 11.5. The third-order valence-corrected chi connectivity index (χ3v) is 4.98. The zero-order valence-corrected chi connectivity index (χ0v) is 11.5. The zero-order valence-electron chi connectivity index (χ0n) is 9.86. The molecule has 0 spiro atoms. The van der Waals surface area contributed by atoms with E-state index in [0.29, 0.717) is 13.2 Å². The summed E-state index contributed by atoms with van der Waals surface area (Å²) >= 11 is 3.56. The highest BCUT2D eigenvalue weighted by Crippen LogP contribution is 2.40. The maximum absolute atomic E-state index is 5.75. The maximum Gasteiger partial charge on any atom is 0.192 e. The molecule has 17 heavy (non-hydrogen) atoms. The van der Waals surface area contributed by atoms with Gasteiger partial charge in [-0.3, -0.25) is 0 Å². The van der Waals surface area contributed by atoms with Gasteiger partial charge in [-0.2, -0.15) is 0 Å². The van der Waals surface area contributed by atoms with Gasteiger partial charge in [0.2, 0.25) is 0 Å². The third-order valence-electron chi connectivity index (χ3n) is 3.13. The van der Waals surface area contributed by atoms with Crippen LogP contribution in [0.5, 0.6) is 0 Å². The Kier molecular flexibility index (Phi) is 2.91. The molecule has 2 aromatic rings. The second-order valence-electron chi connectivity index (χ2n) is 4.12. The lowest BCUT2D eigenvalue weighted by Gasteiger charge is -2.24.